The molecule has 1 aromatic heterocycles. The summed E-state index contributed by atoms with van der Waals surface area (Å²) in [5.74, 6) is -0.486. The minimum Gasteiger partial charge on any atom is -0.323 e. The second-order valence-corrected chi connectivity index (χ2v) is 1.61. The van der Waals surface area contributed by atoms with Crippen molar-refractivity contribution in [2.24, 2.45) is 0 Å². The minimum absolute atomic E-state index is 0.262. The third-order valence-electron chi connectivity index (χ3n) is 0.973. The molecule has 0 aliphatic rings. The molecule has 0 atom stereocenters. The Kier molecular flexibility index (Phi) is 1.99. The Balaban J connectivity index is 2.59. The fourth-order valence-electron chi connectivity index (χ4n) is 0.538. The number of aromatic amines is 1. The number of H-pyrrole nitrogens is 1. The van der Waals surface area contributed by atoms with Crippen LogP contribution < -0.4 is 5.32 Å². The van der Waals surface area contributed by atoms with Gasteiger partial charge in [0, 0.05) is 6.20 Å². The topological polar surface area (TPSA) is 57.8 Å². The smallest absolute Gasteiger partial charge is 0.271 e. The molecule has 0 spiro atoms. The molecule has 1 amide bonds. The molecule has 5 heteroatoms. The Labute approximate surface area is 56.4 Å². The van der Waals surface area contributed by atoms with Crippen LogP contribution in [0, 0.1) is 0 Å². The summed E-state index contributed by atoms with van der Waals surface area (Å²) in [6, 6.07) is 1.46. The van der Waals surface area contributed by atoms with Gasteiger partial charge in [-0.1, -0.05) is 0 Å². The number of rotatable bonds is 2. The molecule has 1 rings (SSSR count). The lowest BCUT2D eigenvalue weighted by atomic mass is 10.4. The van der Waals surface area contributed by atoms with Crippen LogP contribution in [-0.2, 0) is 0 Å². The first kappa shape index (κ1) is 6.73. The van der Waals surface area contributed by atoms with Gasteiger partial charge in [0.25, 0.3) is 5.91 Å². The first-order chi connectivity index (χ1) is 4.84. The monoisotopic (exact) mass is 143 g/mol. The number of nitrogens with one attached hydrogen (secondary N) is 2. The molecule has 4 nitrogen and oxygen atoms in total. The van der Waals surface area contributed by atoms with Crippen molar-refractivity contribution in [3.63, 3.8) is 0 Å². The van der Waals surface area contributed by atoms with Crippen molar-refractivity contribution in [1.82, 2.24) is 15.5 Å². The molecule has 54 valence electrons. The molecule has 10 heavy (non-hydrogen) atoms. The van der Waals surface area contributed by atoms with Gasteiger partial charge in [-0.3, -0.25) is 9.89 Å². The van der Waals surface area contributed by atoms with Crippen molar-refractivity contribution in [2.75, 3.05) is 6.80 Å². The van der Waals surface area contributed by atoms with Crippen molar-refractivity contribution >= 4 is 5.91 Å². The summed E-state index contributed by atoms with van der Waals surface area (Å²) in [7, 11) is 0. The van der Waals surface area contributed by atoms with E-state index in [1.54, 1.807) is 0 Å². The van der Waals surface area contributed by atoms with E-state index in [2.05, 4.69) is 10.2 Å². The fraction of sp³-hybridized carbons (Fsp3) is 0.200. The Hall–Kier alpha value is -1.39. The molecule has 2 N–H and O–H groups in total. The maximum absolute atomic E-state index is 11.5. The number of nitrogens with zero attached hydrogens (tertiary/aromatic N) is 1. The van der Waals surface area contributed by atoms with Crippen LogP contribution in [0.1, 0.15) is 10.5 Å². The van der Waals surface area contributed by atoms with Gasteiger partial charge in [0.1, 0.15) is 5.69 Å². The summed E-state index contributed by atoms with van der Waals surface area (Å²) in [6.07, 6.45) is 1.42. The second-order valence-electron chi connectivity index (χ2n) is 1.61. The van der Waals surface area contributed by atoms with Crippen LogP contribution in [0.4, 0.5) is 4.39 Å². The molecular formula is C5H6FN3O. The van der Waals surface area contributed by atoms with Crippen LogP contribution >= 0.6 is 0 Å². The number of alkyl halides is 1. The van der Waals surface area contributed by atoms with Gasteiger partial charge in [-0.25, -0.2) is 4.39 Å². The first-order valence-corrected chi connectivity index (χ1v) is 2.68. The van der Waals surface area contributed by atoms with Crippen LogP contribution in [0.15, 0.2) is 12.3 Å². The predicted octanol–water partition coefficient (Wildman–Crippen LogP) is 0.0665. The maximum atomic E-state index is 11.5. The quantitative estimate of drug-likeness (QED) is 0.575. The van der Waals surface area contributed by atoms with Crippen LogP contribution in [-0.4, -0.2) is 22.9 Å². The van der Waals surface area contributed by atoms with Gasteiger partial charge < -0.3 is 5.32 Å². The van der Waals surface area contributed by atoms with E-state index in [1.165, 1.54) is 12.3 Å². The lowest BCUT2D eigenvalue weighted by molar-refractivity contribution is 0.0932. The number of hydrogen-bond acceptors (Lipinski definition) is 2. The Bertz CT molecular complexity index is 209. The van der Waals surface area contributed by atoms with Crippen molar-refractivity contribution in [3.8, 4) is 0 Å². The van der Waals surface area contributed by atoms with Crippen molar-refractivity contribution in [3.05, 3.63) is 18.0 Å². The maximum Gasteiger partial charge on any atom is 0.271 e. The molecule has 0 aromatic carbocycles. The van der Waals surface area contributed by atoms with E-state index in [1.807, 2.05) is 5.32 Å². The van der Waals surface area contributed by atoms with Gasteiger partial charge >= 0.3 is 0 Å². The molecule has 0 saturated heterocycles. The lowest BCUT2D eigenvalue weighted by Gasteiger charge is -1.93. The SMILES string of the molecule is O=C(NCF)c1ccn[nH]1. The zero-order valence-electron chi connectivity index (χ0n) is 5.10. The molecule has 1 heterocycles. The van der Waals surface area contributed by atoms with E-state index in [0.29, 0.717) is 0 Å². The molecule has 0 aliphatic carbocycles. The van der Waals surface area contributed by atoms with Crippen LogP contribution in [0.5, 0.6) is 0 Å². The Morgan fingerprint density at radius 2 is 2.70 bits per heavy atom. The van der Waals surface area contributed by atoms with E-state index in [0.717, 1.165) is 0 Å². The number of carbonyl (C=O) groups excluding carboxylic acids is 1. The Morgan fingerprint density at radius 3 is 3.20 bits per heavy atom. The minimum atomic E-state index is -0.863. The van der Waals surface area contributed by atoms with Gasteiger partial charge in [0.15, 0.2) is 6.80 Å². The highest BCUT2D eigenvalue weighted by Gasteiger charge is 2.03. The number of aromatic nitrogens is 2. The van der Waals surface area contributed by atoms with Gasteiger partial charge in [-0.2, -0.15) is 5.10 Å². The van der Waals surface area contributed by atoms with Gasteiger partial charge in [-0.05, 0) is 6.07 Å². The average Bonchev–Trinajstić information content (AvgIpc) is 2.38. The summed E-state index contributed by atoms with van der Waals surface area (Å²) in [5.41, 5.74) is 0.262. The second kappa shape index (κ2) is 2.95. The summed E-state index contributed by atoms with van der Waals surface area (Å²) in [4.78, 5) is 10.7. The third kappa shape index (κ3) is 1.31. The highest BCUT2D eigenvalue weighted by Crippen LogP contribution is 1.89. The standard InChI is InChI=1S/C5H6FN3O/c6-3-7-5(10)4-1-2-8-9-4/h1-2H,3H2,(H,7,10)(H,8,9). The molecular weight excluding hydrogens is 137 g/mol. The molecule has 0 radical (unpaired) electrons. The molecule has 1 aromatic rings. The third-order valence-corrected chi connectivity index (χ3v) is 0.973. The van der Waals surface area contributed by atoms with Crippen molar-refractivity contribution in [2.45, 2.75) is 0 Å². The summed E-state index contributed by atoms with van der Waals surface area (Å²) in [6.45, 7) is -0.863. The van der Waals surface area contributed by atoms with Gasteiger partial charge in [0.05, 0.1) is 0 Å². The zero-order valence-corrected chi connectivity index (χ0v) is 5.10. The van der Waals surface area contributed by atoms with Crippen molar-refractivity contribution in [1.29, 1.82) is 0 Å². The molecule has 0 unspecified atom stereocenters. The molecule has 0 aliphatic heterocycles. The number of carbonyl (C=O) groups is 1. The highest BCUT2D eigenvalue weighted by atomic mass is 19.1. The number of amides is 1. The van der Waals surface area contributed by atoms with Crippen LogP contribution in [0.25, 0.3) is 0 Å². The summed E-state index contributed by atoms with van der Waals surface area (Å²) in [5, 5.41) is 7.88. The summed E-state index contributed by atoms with van der Waals surface area (Å²) >= 11 is 0. The average molecular weight is 143 g/mol. The van der Waals surface area contributed by atoms with E-state index in [9.17, 15) is 9.18 Å². The number of halogens is 1. The van der Waals surface area contributed by atoms with E-state index >= 15 is 0 Å². The zero-order chi connectivity index (χ0) is 7.40. The Morgan fingerprint density at radius 1 is 1.90 bits per heavy atom. The molecule has 0 bridgehead atoms. The fourth-order valence-corrected chi connectivity index (χ4v) is 0.538. The van der Waals surface area contributed by atoms with E-state index in [-0.39, 0.29) is 5.69 Å². The first-order valence-electron chi connectivity index (χ1n) is 2.68. The number of hydrogen-bond donors (Lipinski definition) is 2. The highest BCUT2D eigenvalue weighted by molar-refractivity contribution is 5.91. The largest absolute Gasteiger partial charge is 0.323 e. The van der Waals surface area contributed by atoms with E-state index in [4.69, 9.17) is 0 Å². The van der Waals surface area contributed by atoms with Gasteiger partial charge in [0.2, 0.25) is 0 Å². The van der Waals surface area contributed by atoms with Crippen LogP contribution in [0.2, 0.25) is 0 Å². The van der Waals surface area contributed by atoms with Crippen molar-refractivity contribution < 1.29 is 9.18 Å². The molecule has 0 saturated carbocycles. The normalized spacial score (nSPS) is 9.30. The molecule has 0 fully saturated rings. The predicted molar refractivity (Wildman–Crippen MR) is 32.0 cm³/mol. The lowest BCUT2D eigenvalue weighted by Crippen LogP contribution is -2.22. The summed E-state index contributed by atoms with van der Waals surface area (Å²) < 4.78 is 11.5. The van der Waals surface area contributed by atoms with E-state index < -0.39 is 12.7 Å². The van der Waals surface area contributed by atoms with Gasteiger partial charge in [-0.15, -0.1) is 0 Å². The van der Waals surface area contributed by atoms with Crippen LogP contribution in [0.3, 0.4) is 0 Å².